The lowest BCUT2D eigenvalue weighted by Crippen LogP contribution is -2.00. The van der Waals surface area contributed by atoms with E-state index < -0.39 is 0 Å². The minimum Gasteiger partial charge on any atom is -0.496 e. The van der Waals surface area contributed by atoms with Crippen LogP contribution in [0.4, 0.5) is 0 Å². The van der Waals surface area contributed by atoms with Crippen LogP contribution in [-0.4, -0.2) is 32.4 Å². The Balaban J connectivity index is 1.55. The number of rotatable bonds is 5. The monoisotopic (exact) mass is 513 g/mol. The second-order valence-corrected chi connectivity index (χ2v) is 9.55. The van der Waals surface area contributed by atoms with E-state index >= 15 is 0 Å². The molecule has 2 aromatic carbocycles. The van der Waals surface area contributed by atoms with Crippen molar-refractivity contribution in [3.05, 3.63) is 75.7 Å². The molecule has 0 amide bonds. The lowest BCUT2D eigenvalue weighted by atomic mass is 9.98. The summed E-state index contributed by atoms with van der Waals surface area (Å²) in [7, 11) is 1.66. The lowest BCUT2D eigenvalue weighted by molar-refractivity contribution is 0.393. The SMILES string of the molecule is COc1cc2c(cc1-c1c(C)noc1C)[nH]c1nc(C)nc(Cc3c(-c4cccc(Cl)c4)noc3C)c12. The first-order valence-corrected chi connectivity index (χ1v) is 12.2. The molecule has 0 spiro atoms. The van der Waals surface area contributed by atoms with Crippen molar-refractivity contribution < 1.29 is 13.8 Å². The highest BCUT2D eigenvalue weighted by Gasteiger charge is 2.22. The summed E-state index contributed by atoms with van der Waals surface area (Å²) < 4.78 is 16.8. The maximum Gasteiger partial charge on any atom is 0.142 e. The van der Waals surface area contributed by atoms with Crippen LogP contribution in [0, 0.1) is 27.7 Å². The zero-order chi connectivity index (χ0) is 25.8. The zero-order valence-electron chi connectivity index (χ0n) is 21.1. The number of methoxy groups -OCH3 is 1. The van der Waals surface area contributed by atoms with Crippen LogP contribution in [0.1, 0.15) is 34.3 Å². The van der Waals surface area contributed by atoms with Crippen LogP contribution in [0.5, 0.6) is 5.75 Å². The van der Waals surface area contributed by atoms with Gasteiger partial charge in [-0.1, -0.05) is 34.0 Å². The summed E-state index contributed by atoms with van der Waals surface area (Å²) in [6, 6.07) is 11.7. The largest absolute Gasteiger partial charge is 0.496 e. The maximum absolute atomic E-state index is 6.26. The van der Waals surface area contributed by atoms with Gasteiger partial charge in [0, 0.05) is 44.4 Å². The molecule has 0 radical (unpaired) electrons. The van der Waals surface area contributed by atoms with Crippen molar-refractivity contribution >= 4 is 33.5 Å². The number of fused-ring (bicyclic) bond motifs is 3. The number of aryl methyl sites for hydroxylation is 4. The fraction of sp³-hybridized carbons (Fsp3) is 0.214. The maximum atomic E-state index is 6.26. The number of hydrogen-bond acceptors (Lipinski definition) is 7. The first-order chi connectivity index (χ1) is 17.8. The molecule has 1 N–H and O–H groups in total. The number of benzene rings is 2. The van der Waals surface area contributed by atoms with E-state index in [1.54, 1.807) is 7.11 Å². The molecule has 0 aliphatic heterocycles. The van der Waals surface area contributed by atoms with E-state index in [9.17, 15) is 0 Å². The van der Waals surface area contributed by atoms with Crippen molar-refractivity contribution in [1.29, 1.82) is 0 Å². The molecule has 0 saturated heterocycles. The fourth-order valence-electron chi connectivity index (χ4n) is 5.01. The van der Waals surface area contributed by atoms with Crippen molar-refractivity contribution in [2.75, 3.05) is 7.11 Å². The van der Waals surface area contributed by atoms with Crippen LogP contribution in [0.15, 0.2) is 45.4 Å². The van der Waals surface area contributed by atoms with Gasteiger partial charge in [-0.3, -0.25) is 0 Å². The predicted octanol–water partition coefficient (Wildman–Crippen LogP) is 6.91. The number of aromatic nitrogens is 5. The first kappa shape index (κ1) is 23.2. The van der Waals surface area contributed by atoms with Gasteiger partial charge in [0.25, 0.3) is 0 Å². The van der Waals surface area contributed by atoms with E-state index in [0.717, 1.165) is 78.5 Å². The van der Waals surface area contributed by atoms with Crippen molar-refractivity contribution in [2.24, 2.45) is 0 Å². The molecule has 4 aromatic heterocycles. The molecule has 186 valence electrons. The van der Waals surface area contributed by atoms with E-state index in [1.165, 1.54) is 0 Å². The van der Waals surface area contributed by atoms with Gasteiger partial charge < -0.3 is 18.8 Å². The van der Waals surface area contributed by atoms with Crippen LogP contribution in [0.2, 0.25) is 5.02 Å². The Bertz CT molecular complexity index is 1790. The molecular weight excluding hydrogens is 490 g/mol. The average Bonchev–Trinajstić information content (AvgIpc) is 3.52. The van der Waals surface area contributed by atoms with Gasteiger partial charge in [0.15, 0.2) is 0 Å². The Labute approximate surface area is 217 Å². The molecule has 0 bridgehead atoms. The van der Waals surface area contributed by atoms with Gasteiger partial charge in [-0.05, 0) is 52.0 Å². The molecule has 0 unspecified atom stereocenters. The van der Waals surface area contributed by atoms with Crippen molar-refractivity contribution in [1.82, 2.24) is 25.3 Å². The summed E-state index contributed by atoms with van der Waals surface area (Å²) in [4.78, 5) is 13.0. The third-order valence-electron chi connectivity index (χ3n) is 6.69. The number of hydrogen-bond donors (Lipinski definition) is 1. The fourth-order valence-corrected chi connectivity index (χ4v) is 5.20. The number of nitrogens with one attached hydrogen (secondary N) is 1. The van der Waals surface area contributed by atoms with Crippen LogP contribution in [0.25, 0.3) is 44.3 Å². The van der Waals surface area contributed by atoms with Crippen LogP contribution in [0.3, 0.4) is 0 Å². The van der Waals surface area contributed by atoms with E-state index in [0.29, 0.717) is 17.3 Å². The summed E-state index contributed by atoms with van der Waals surface area (Å²) in [5, 5.41) is 11.0. The van der Waals surface area contributed by atoms with Crippen LogP contribution < -0.4 is 4.74 Å². The Hall–Kier alpha value is -4.17. The van der Waals surface area contributed by atoms with Gasteiger partial charge in [0.2, 0.25) is 0 Å². The highest BCUT2D eigenvalue weighted by Crippen LogP contribution is 2.40. The molecule has 0 atom stereocenters. The summed E-state index contributed by atoms with van der Waals surface area (Å²) in [6.07, 6.45) is 0.512. The molecule has 6 aromatic rings. The van der Waals surface area contributed by atoms with Crippen molar-refractivity contribution in [3.8, 4) is 28.1 Å². The summed E-state index contributed by atoms with van der Waals surface area (Å²) in [6.45, 7) is 7.63. The Kier molecular flexibility index (Phi) is 5.49. The molecule has 0 saturated carbocycles. The molecule has 9 heteroatoms. The van der Waals surface area contributed by atoms with Gasteiger partial charge in [0.1, 0.15) is 34.4 Å². The van der Waals surface area contributed by atoms with E-state index in [2.05, 4.69) is 21.4 Å². The predicted molar refractivity (Wildman–Crippen MR) is 142 cm³/mol. The normalized spacial score (nSPS) is 11.6. The lowest BCUT2D eigenvalue weighted by Gasteiger charge is -2.10. The van der Waals surface area contributed by atoms with Gasteiger partial charge in [-0.15, -0.1) is 0 Å². The highest BCUT2D eigenvalue weighted by molar-refractivity contribution is 6.30. The van der Waals surface area contributed by atoms with Crippen molar-refractivity contribution in [2.45, 2.75) is 34.1 Å². The molecule has 0 fully saturated rings. The smallest absolute Gasteiger partial charge is 0.142 e. The highest BCUT2D eigenvalue weighted by atomic mass is 35.5. The number of nitrogens with zero attached hydrogens (tertiary/aromatic N) is 4. The number of aromatic amines is 1. The van der Waals surface area contributed by atoms with Gasteiger partial charge in [0.05, 0.1) is 24.1 Å². The second-order valence-electron chi connectivity index (χ2n) is 9.12. The van der Waals surface area contributed by atoms with Gasteiger partial charge in [-0.2, -0.15) is 0 Å². The van der Waals surface area contributed by atoms with E-state index in [4.69, 9.17) is 35.4 Å². The third-order valence-corrected chi connectivity index (χ3v) is 6.92. The minimum atomic E-state index is 0.512. The molecule has 8 nitrogen and oxygen atoms in total. The second kappa shape index (κ2) is 8.74. The van der Waals surface area contributed by atoms with E-state index in [1.807, 2.05) is 58.0 Å². The van der Waals surface area contributed by atoms with Crippen molar-refractivity contribution in [3.63, 3.8) is 0 Å². The first-order valence-electron chi connectivity index (χ1n) is 11.8. The zero-order valence-corrected chi connectivity index (χ0v) is 21.8. The molecule has 0 aliphatic carbocycles. The molecule has 0 aliphatic rings. The average molecular weight is 514 g/mol. The number of ether oxygens (including phenoxy) is 1. The molecule has 4 heterocycles. The third kappa shape index (κ3) is 3.84. The quantitative estimate of drug-likeness (QED) is 0.267. The van der Waals surface area contributed by atoms with Crippen LogP contribution >= 0.6 is 11.6 Å². The number of H-pyrrole nitrogens is 1. The molecule has 37 heavy (non-hydrogen) atoms. The molecular formula is C28H24ClN5O3. The topological polar surface area (TPSA) is 103 Å². The summed E-state index contributed by atoms with van der Waals surface area (Å²) in [5.74, 6) is 2.86. The van der Waals surface area contributed by atoms with Gasteiger partial charge in [-0.25, -0.2) is 9.97 Å². The Morgan fingerprint density at radius 1 is 0.973 bits per heavy atom. The molecule has 6 rings (SSSR count). The standard InChI is InChI=1S/C28H24ClN5O3/c1-13-25(15(3)37-33-13)21-11-22-20(12-24(21)35-5)26-23(30-16(4)31-28(26)32-22)10-19-14(2)36-34-27(19)17-7-6-8-18(29)9-17/h6-9,11-12H,10H2,1-5H3,(H,30,31,32). The van der Waals surface area contributed by atoms with Gasteiger partial charge >= 0.3 is 0 Å². The summed E-state index contributed by atoms with van der Waals surface area (Å²) >= 11 is 6.26. The van der Waals surface area contributed by atoms with E-state index in [-0.39, 0.29) is 0 Å². The number of halogens is 1. The minimum absolute atomic E-state index is 0.512. The Morgan fingerprint density at radius 3 is 2.51 bits per heavy atom. The Morgan fingerprint density at radius 2 is 1.78 bits per heavy atom. The van der Waals surface area contributed by atoms with Crippen LogP contribution in [-0.2, 0) is 6.42 Å². The summed E-state index contributed by atoms with van der Waals surface area (Å²) in [5.41, 5.74) is 7.78.